The van der Waals surface area contributed by atoms with Crippen LogP contribution in [-0.2, 0) is 17.9 Å². The van der Waals surface area contributed by atoms with E-state index >= 15 is 0 Å². The second kappa shape index (κ2) is 8.85. The molecule has 0 bridgehead atoms. The average Bonchev–Trinajstić information content (AvgIpc) is 3.42. The third-order valence-electron chi connectivity index (χ3n) is 7.49. The molecule has 34 heavy (non-hydrogen) atoms. The van der Waals surface area contributed by atoms with Gasteiger partial charge in [0.05, 0.1) is 31.5 Å². The fourth-order valence-corrected chi connectivity index (χ4v) is 5.37. The van der Waals surface area contributed by atoms with Crippen molar-refractivity contribution < 1.29 is 18.7 Å². The van der Waals surface area contributed by atoms with Crippen LogP contribution in [0.25, 0.3) is 11.1 Å². The minimum Gasteiger partial charge on any atom is -0.494 e. The molecule has 3 aromatic rings. The zero-order chi connectivity index (χ0) is 23.9. The smallest absolute Gasteiger partial charge is 0.271 e. The normalized spacial score (nSPS) is 24.8. The summed E-state index contributed by atoms with van der Waals surface area (Å²) in [7, 11) is 0. The first-order valence-electron chi connectivity index (χ1n) is 12.3. The maximum atomic E-state index is 13.9. The molecule has 180 valence electrons. The Kier molecular flexibility index (Phi) is 5.88. The number of rotatable bonds is 6. The van der Waals surface area contributed by atoms with Gasteiger partial charge in [0.1, 0.15) is 17.0 Å². The van der Waals surface area contributed by atoms with E-state index in [1.807, 2.05) is 48.7 Å². The molecule has 3 heterocycles. The quantitative estimate of drug-likeness (QED) is 0.573. The molecule has 1 aromatic carbocycles. The van der Waals surface area contributed by atoms with Gasteiger partial charge in [-0.05, 0) is 51.5 Å². The number of nitrogens with one attached hydrogen (secondary N) is 1. The molecule has 7 nitrogen and oxygen atoms in total. The van der Waals surface area contributed by atoms with Gasteiger partial charge in [0, 0.05) is 23.7 Å². The summed E-state index contributed by atoms with van der Waals surface area (Å²) in [4.78, 5) is 29.4. The monoisotopic (exact) mass is 463 g/mol. The van der Waals surface area contributed by atoms with Crippen LogP contribution in [-0.4, -0.2) is 39.5 Å². The van der Waals surface area contributed by atoms with Crippen molar-refractivity contribution in [2.75, 3.05) is 6.61 Å². The maximum absolute atomic E-state index is 13.9. The van der Waals surface area contributed by atoms with Crippen LogP contribution in [0.4, 0.5) is 0 Å². The molecule has 0 radical (unpaired) electrons. The van der Waals surface area contributed by atoms with Crippen molar-refractivity contribution in [2.45, 2.75) is 71.1 Å². The standard InChI is InChI=1S/C27H33N3O4/c1-4-33-23-8-6-5-7-19(23)16-30-25(31)22-15-24-21(13-14-34-24)29(22)17-27(30,3)26(32)28-20-11-9-18(2)10-12-20/h5-8,13-15,18,20H,4,9-12,16-17H2,1-3H3,(H,28,32)/t18?,20?,27-/m0/s1. The molecule has 7 heteroatoms. The summed E-state index contributed by atoms with van der Waals surface area (Å²) >= 11 is 0. The minimum absolute atomic E-state index is 0.106. The number of carbonyl (C=O) groups excluding carboxylic acids is 2. The van der Waals surface area contributed by atoms with Crippen molar-refractivity contribution in [2.24, 2.45) is 5.92 Å². The van der Waals surface area contributed by atoms with Crippen molar-refractivity contribution in [3.05, 3.63) is 53.9 Å². The number of fused-ring (bicyclic) bond motifs is 3. The first kappa shape index (κ1) is 22.6. The largest absolute Gasteiger partial charge is 0.494 e. The lowest BCUT2D eigenvalue weighted by Gasteiger charge is -2.45. The van der Waals surface area contributed by atoms with E-state index < -0.39 is 5.54 Å². The molecule has 2 amide bonds. The van der Waals surface area contributed by atoms with E-state index in [-0.39, 0.29) is 24.4 Å². The van der Waals surface area contributed by atoms with Gasteiger partial charge in [-0.1, -0.05) is 25.1 Å². The van der Waals surface area contributed by atoms with Crippen molar-refractivity contribution in [1.82, 2.24) is 14.8 Å². The van der Waals surface area contributed by atoms with Gasteiger partial charge < -0.3 is 23.9 Å². The van der Waals surface area contributed by atoms with E-state index in [0.29, 0.717) is 30.3 Å². The summed E-state index contributed by atoms with van der Waals surface area (Å²) < 4.78 is 13.3. The summed E-state index contributed by atoms with van der Waals surface area (Å²) in [6, 6.07) is 11.5. The highest BCUT2D eigenvalue weighted by molar-refractivity contribution is 6.02. The molecular weight excluding hydrogens is 430 g/mol. The van der Waals surface area contributed by atoms with Gasteiger partial charge in [0.15, 0.2) is 5.58 Å². The van der Waals surface area contributed by atoms with Gasteiger partial charge in [0.25, 0.3) is 5.91 Å². The number of amides is 2. The molecule has 0 saturated heterocycles. The summed E-state index contributed by atoms with van der Waals surface area (Å²) in [5.41, 5.74) is 1.86. The van der Waals surface area contributed by atoms with E-state index in [2.05, 4.69) is 12.2 Å². The van der Waals surface area contributed by atoms with Crippen molar-refractivity contribution in [1.29, 1.82) is 0 Å². The number of benzene rings is 1. The molecule has 1 aliphatic carbocycles. The Morgan fingerprint density at radius 1 is 1.21 bits per heavy atom. The molecular formula is C27H33N3O4. The third kappa shape index (κ3) is 3.87. The third-order valence-corrected chi connectivity index (χ3v) is 7.49. The Morgan fingerprint density at radius 2 is 1.97 bits per heavy atom. The lowest BCUT2D eigenvalue weighted by Crippen LogP contribution is -2.64. The van der Waals surface area contributed by atoms with Crippen LogP contribution < -0.4 is 10.1 Å². The summed E-state index contributed by atoms with van der Waals surface area (Å²) in [6.07, 6.45) is 5.80. The van der Waals surface area contributed by atoms with Gasteiger partial charge in [-0.15, -0.1) is 0 Å². The number of ether oxygens (including phenoxy) is 1. The zero-order valence-electron chi connectivity index (χ0n) is 20.2. The van der Waals surface area contributed by atoms with Gasteiger partial charge in [-0.2, -0.15) is 0 Å². The molecule has 1 N–H and O–H groups in total. The number of hydrogen-bond donors (Lipinski definition) is 1. The molecule has 1 atom stereocenters. The number of aromatic nitrogens is 1. The fraction of sp³-hybridized carbons (Fsp3) is 0.481. The molecule has 2 aromatic heterocycles. The van der Waals surface area contributed by atoms with Crippen LogP contribution in [0.3, 0.4) is 0 Å². The minimum atomic E-state index is -1.06. The number of hydrogen-bond acceptors (Lipinski definition) is 4. The van der Waals surface area contributed by atoms with Gasteiger partial charge in [0.2, 0.25) is 5.91 Å². The fourth-order valence-electron chi connectivity index (χ4n) is 5.37. The Morgan fingerprint density at radius 3 is 2.74 bits per heavy atom. The van der Waals surface area contributed by atoms with E-state index in [1.54, 1.807) is 17.2 Å². The summed E-state index contributed by atoms with van der Waals surface area (Å²) in [6.45, 7) is 7.26. The summed E-state index contributed by atoms with van der Waals surface area (Å²) in [5.74, 6) is 1.14. The van der Waals surface area contributed by atoms with Crippen molar-refractivity contribution in [3.63, 3.8) is 0 Å². The Hall–Kier alpha value is -3.22. The average molecular weight is 464 g/mol. The molecule has 1 aliphatic heterocycles. The number of furan rings is 1. The zero-order valence-corrected chi connectivity index (χ0v) is 20.2. The Balaban J connectivity index is 1.51. The molecule has 0 unspecified atom stereocenters. The predicted octanol–water partition coefficient (Wildman–Crippen LogP) is 4.74. The van der Waals surface area contributed by atoms with E-state index in [9.17, 15) is 9.59 Å². The van der Waals surface area contributed by atoms with Gasteiger partial charge in [-0.25, -0.2) is 0 Å². The SMILES string of the molecule is CCOc1ccccc1CN1C(=O)c2cc3occc3n2C[C@@]1(C)C(=O)NC1CCC(C)CC1. The van der Waals surface area contributed by atoms with Crippen LogP contribution >= 0.6 is 0 Å². The van der Waals surface area contributed by atoms with Crippen LogP contribution in [0.5, 0.6) is 5.75 Å². The molecule has 0 spiro atoms. The van der Waals surface area contributed by atoms with Crippen molar-refractivity contribution in [3.8, 4) is 5.75 Å². The Bertz CT molecular complexity index is 1200. The second-order valence-corrected chi connectivity index (χ2v) is 9.92. The van der Waals surface area contributed by atoms with Crippen LogP contribution in [0.15, 0.2) is 47.1 Å². The van der Waals surface area contributed by atoms with Crippen LogP contribution in [0.2, 0.25) is 0 Å². The van der Waals surface area contributed by atoms with Crippen molar-refractivity contribution >= 4 is 22.9 Å². The van der Waals surface area contributed by atoms with E-state index in [0.717, 1.165) is 42.5 Å². The highest BCUT2D eigenvalue weighted by Gasteiger charge is 2.48. The maximum Gasteiger partial charge on any atom is 0.271 e. The number of carbonyl (C=O) groups is 2. The first-order valence-corrected chi connectivity index (χ1v) is 12.3. The highest BCUT2D eigenvalue weighted by Crippen LogP contribution is 2.35. The molecule has 5 rings (SSSR count). The Labute approximate surface area is 200 Å². The lowest BCUT2D eigenvalue weighted by molar-refractivity contribution is -0.134. The number of para-hydroxylation sites is 1. The van der Waals surface area contributed by atoms with Gasteiger partial charge >= 0.3 is 0 Å². The van der Waals surface area contributed by atoms with Gasteiger partial charge in [-0.3, -0.25) is 9.59 Å². The second-order valence-electron chi connectivity index (χ2n) is 9.92. The van der Waals surface area contributed by atoms with E-state index in [4.69, 9.17) is 9.15 Å². The first-order chi connectivity index (χ1) is 16.4. The predicted molar refractivity (Wildman–Crippen MR) is 130 cm³/mol. The lowest BCUT2D eigenvalue weighted by atomic mass is 9.86. The topological polar surface area (TPSA) is 76.7 Å². The number of nitrogens with zero attached hydrogens (tertiary/aromatic N) is 2. The summed E-state index contributed by atoms with van der Waals surface area (Å²) in [5, 5.41) is 3.29. The molecule has 2 aliphatic rings. The van der Waals surface area contributed by atoms with Crippen LogP contribution in [0.1, 0.15) is 62.5 Å². The van der Waals surface area contributed by atoms with Crippen LogP contribution in [0, 0.1) is 5.92 Å². The van der Waals surface area contributed by atoms with E-state index in [1.165, 1.54) is 0 Å². The molecule has 1 saturated carbocycles. The molecule has 1 fully saturated rings. The highest BCUT2D eigenvalue weighted by atomic mass is 16.5.